The maximum absolute atomic E-state index is 13.7. The van der Waals surface area contributed by atoms with Crippen LogP contribution in [0.15, 0.2) is 30.3 Å². The Kier molecular flexibility index (Phi) is 4.08. The molecule has 0 spiro atoms. The SMILES string of the molecule is COc1c(F)c(F)c(/C=C/c2ccccc2)c(F)c1F. The van der Waals surface area contributed by atoms with Crippen molar-refractivity contribution in [3.05, 3.63) is 64.7 Å². The van der Waals surface area contributed by atoms with E-state index >= 15 is 0 Å². The molecule has 20 heavy (non-hydrogen) atoms. The minimum absolute atomic E-state index is 0.642. The van der Waals surface area contributed by atoms with E-state index in [2.05, 4.69) is 4.74 Å². The molecule has 0 amide bonds. The first-order valence-corrected chi connectivity index (χ1v) is 5.69. The van der Waals surface area contributed by atoms with Crippen molar-refractivity contribution in [1.29, 1.82) is 0 Å². The first-order valence-electron chi connectivity index (χ1n) is 5.69. The van der Waals surface area contributed by atoms with E-state index < -0.39 is 34.6 Å². The maximum Gasteiger partial charge on any atom is 0.204 e. The van der Waals surface area contributed by atoms with Crippen molar-refractivity contribution in [2.45, 2.75) is 0 Å². The lowest BCUT2D eigenvalue weighted by molar-refractivity contribution is 0.332. The number of hydrogen-bond donors (Lipinski definition) is 0. The van der Waals surface area contributed by atoms with E-state index in [1.807, 2.05) is 0 Å². The van der Waals surface area contributed by atoms with Crippen molar-refractivity contribution >= 4 is 12.2 Å². The van der Waals surface area contributed by atoms with Crippen molar-refractivity contribution in [3.63, 3.8) is 0 Å². The molecule has 2 aromatic rings. The second-order valence-electron chi connectivity index (χ2n) is 3.95. The van der Waals surface area contributed by atoms with E-state index in [9.17, 15) is 17.6 Å². The molecule has 1 nitrogen and oxygen atoms in total. The van der Waals surface area contributed by atoms with Gasteiger partial charge in [-0.1, -0.05) is 36.4 Å². The molecule has 0 aromatic heterocycles. The highest BCUT2D eigenvalue weighted by Gasteiger charge is 2.24. The van der Waals surface area contributed by atoms with Crippen molar-refractivity contribution in [2.24, 2.45) is 0 Å². The van der Waals surface area contributed by atoms with E-state index in [-0.39, 0.29) is 0 Å². The van der Waals surface area contributed by atoms with Crippen molar-refractivity contribution in [3.8, 4) is 5.75 Å². The van der Waals surface area contributed by atoms with Crippen LogP contribution in [-0.4, -0.2) is 7.11 Å². The molecule has 0 bridgehead atoms. The summed E-state index contributed by atoms with van der Waals surface area (Å²) >= 11 is 0. The molecule has 0 fully saturated rings. The zero-order chi connectivity index (χ0) is 14.7. The lowest BCUT2D eigenvalue weighted by Crippen LogP contribution is -2.03. The van der Waals surface area contributed by atoms with Gasteiger partial charge < -0.3 is 4.74 Å². The summed E-state index contributed by atoms with van der Waals surface area (Å²) in [7, 11) is 0.930. The van der Waals surface area contributed by atoms with Crippen LogP contribution in [0.5, 0.6) is 5.75 Å². The van der Waals surface area contributed by atoms with Gasteiger partial charge in [0.05, 0.1) is 12.7 Å². The summed E-state index contributed by atoms with van der Waals surface area (Å²) in [5.74, 6) is -7.17. The first-order chi connectivity index (χ1) is 9.56. The topological polar surface area (TPSA) is 9.23 Å². The molecule has 0 saturated carbocycles. The quantitative estimate of drug-likeness (QED) is 0.460. The lowest BCUT2D eigenvalue weighted by Gasteiger charge is -2.08. The van der Waals surface area contributed by atoms with Crippen LogP contribution in [0.2, 0.25) is 0 Å². The zero-order valence-electron chi connectivity index (χ0n) is 10.5. The Bertz CT molecular complexity index is 622. The predicted octanol–water partition coefficient (Wildman–Crippen LogP) is 4.42. The molecule has 0 aliphatic heterocycles. The fraction of sp³-hybridized carbons (Fsp3) is 0.0667. The average molecular weight is 282 g/mol. The van der Waals surface area contributed by atoms with Gasteiger partial charge >= 0.3 is 0 Å². The minimum atomic E-state index is -1.56. The summed E-state index contributed by atoms with van der Waals surface area (Å²) in [5.41, 5.74) is -0.146. The Labute approximate surface area is 113 Å². The number of benzene rings is 2. The van der Waals surface area contributed by atoms with Gasteiger partial charge in [0.25, 0.3) is 0 Å². The van der Waals surface area contributed by atoms with Crippen LogP contribution in [0.1, 0.15) is 11.1 Å². The van der Waals surface area contributed by atoms with Gasteiger partial charge in [-0.15, -0.1) is 0 Å². The van der Waals surface area contributed by atoms with E-state index in [4.69, 9.17) is 0 Å². The summed E-state index contributed by atoms with van der Waals surface area (Å²) in [6, 6.07) is 8.58. The molecule has 0 heterocycles. The van der Waals surface area contributed by atoms with Gasteiger partial charge in [0.1, 0.15) is 0 Å². The standard InChI is InChI=1S/C15H10F4O/c1-20-15-13(18)11(16)10(12(17)14(15)19)8-7-9-5-3-2-4-6-9/h2-8H,1H3/b8-7+. The van der Waals surface area contributed by atoms with E-state index in [1.165, 1.54) is 6.08 Å². The number of halogens is 4. The molecule has 0 unspecified atom stereocenters. The molecule has 0 N–H and O–H groups in total. The molecule has 0 aliphatic carbocycles. The first kappa shape index (κ1) is 14.1. The fourth-order valence-corrected chi connectivity index (χ4v) is 1.70. The Morgan fingerprint density at radius 1 is 0.800 bits per heavy atom. The fourth-order valence-electron chi connectivity index (χ4n) is 1.70. The third-order valence-electron chi connectivity index (χ3n) is 2.70. The summed E-state index contributed by atoms with van der Waals surface area (Å²) in [4.78, 5) is 0. The molecule has 0 radical (unpaired) electrons. The number of rotatable bonds is 3. The maximum atomic E-state index is 13.7. The number of hydrogen-bond acceptors (Lipinski definition) is 1. The minimum Gasteiger partial charge on any atom is -0.491 e. The van der Waals surface area contributed by atoms with Gasteiger partial charge in [-0.2, -0.15) is 8.78 Å². The monoisotopic (exact) mass is 282 g/mol. The molecule has 0 saturated heterocycles. The largest absolute Gasteiger partial charge is 0.491 e. The number of ether oxygens (including phenoxy) is 1. The van der Waals surface area contributed by atoms with Crippen molar-refractivity contribution in [2.75, 3.05) is 7.11 Å². The smallest absolute Gasteiger partial charge is 0.204 e. The zero-order valence-corrected chi connectivity index (χ0v) is 10.5. The molecule has 104 valence electrons. The number of methoxy groups -OCH3 is 1. The molecule has 5 heteroatoms. The average Bonchev–Trinajstić information content (AvgIpc) is 2.47. The van der Waals surface area contributed by atoms with Crippen LogP contribution >= 0.6 is 0 Å². The normalized spacial score (nSPS) is 11.1. The van der Waals surface area contributed by atoms with Crippen LogP contribution in [0, 0.1) is 23.3 Å². The van der Waals surface area contributed by atoms with Crippen LogP contribution < -0.4 is 4.74 Å². The second kappa shape index (κ2) is 5.77. The van der Waals surface area contributed by atoms with E-state index in [0.29, 0.717) is 5.56 Å². The van der Waals surface area contributed by atoms with Crippen LogP contribution in [0.25, 0.3) is 12.2 Å². The van der Waals surface area contributed by atoms with Crippen molar-refractivity contribution in [1.82, 2.24) is 0 Å². The molecule has 0 atom stereocenters. The van der Waals surface area contributed by atoms with Gasteiger partial charge in [-0.25, -0.2) is 8.78 Å². The van der Waals surface area contributed by atoms with Crippen LogP contribution in [0.3, 0.4) is 0 Å². The Morgan fingerprint density at radius 2 is 1.35 bits per heavy atom. The lowest BCUT2D eigenvalue weighted by atomic mass is 10.1. The highest BCUT2D eigenvalue weighted by Crippen LogP contribution is 2.30. The van der Waals surface area contributed by atoms with Gasteiger partial charge in [0.15, 0.2) is 17.4 Å². The third kappa shape index (κ3) is 2.52. The second-order valence-corrected chi connectivity index (χ2v) is 3.95. The summed E-state index contributed by atoms with van der Waals surface area (Å²) in [5, 5.41) is 0. The predicted molar refractivity (Wildman–Crippen MR) is 68.2 cm³/mol. The summed E-state index contributed by atoms with van der Waals surface area (Å²) in [6.45, 7) is 0. The molecular formula is C15H10F4O. The van der Waals surface area contributed by atoms with E-state index in [1.54, 1.807) is 30.3 Å². The van der Waals surface area contributed by atoms with Crippen LogP contribution in [-0.2, 0) is 0 Å². The van der Waals surface area contributed by atoms with Crippen LogP contribution in [0.4, 0.5) is 17.6 Å². The summed E-state index contributed by atoms with van der Waals surface area (Å²) < 4.78 is 58.6. The van der Waals surface area contributed by atoms with Crippen molar-refractivity contribution < 1.29 is 22.3 Å². The van der Waals surface area contributed by atoms with E-state index in [0.717, 1.165) is 13.2 Å². The van der Waals surface area contributed by atoms with Gasteiger partial charge in [-0.05, 0) is 11.6 Å². The Morgan fingerprint density at radius 3 is 1.85 bits per heavy atom. The summed E-state index contributed by atoms with van der Waals surface area (Å²) in [6.07, 6.45) is 2.33. The highest BCUT2D eigenvalue weighted by atomic mass is 19.2. The highest BCUT2D eigenvalue weighted by molar-refractivity contribution is 5.70. The Balaban J connectivity index is 2.50. The Hall–Kier alpha value is -2.30. The molecule has 2 rings (SSSR count). The third-order valence-corrected chi connectivity index (χ3v) is 2.70. The molecule has 0 aliphatic rings. The molecular weight excluding hydrogens is 272 g/mol. The van der Waals surface area contributed by atoms with Gasteiger partial charge in [-0.3, -0.25) is 0 Å². The molecule has 2 aromatic carbocycles. The van der Waals surface area contributed by atoms with Gasteiger partial charge in [0, 0.05) is 0 Å². The van der Waals surface area contributed by atoms with Gasteiger partial charge in [0.2, 0.25) is 11.6 Å².